The lowest BCUT2D eigenvalue weighted by Gasteiger charge is -2.37. The molecule has 0 saturated carbocycles. The molecular formula is C10H18N2O. The molecule has 1 spiro atoms. The maximum Gasteiger partial charge on any atom is 0.222 e. The van der Waals surface area contributed by atoms with Crippen LogP contribution in [0.2, 0.25) is 0 Å². The normalized spacial score (nSPS) is 40.3. The van der Waals surface area contributed by atoms with Gasteiger partial charge in [-0.3, -0.25) is 4.79 Å². The second kappa shape index (κ2) is 2.98. The van der Waals surface area contributed by atoms with Gasteiger partial charge in [0, 0.05) is 38.3 Å². The molecule has 0 atom stereocenters. The Labute approximate surface area is 79.7 Å². The molecule has 3 heteroatoms. The zero-order valence-electron chi connectivity index (χ0n) is 8.31. The zero-order valence-corrected chi connectivity index (χ0v) is 8.31. The van der Waals surface area contributed by atoms with Gasteiger partial charge in [0.25, 0.3) is 0 Å². The van der Waals surface area contributed by atoms with Crippen molar-refractivity contribution in [3.8, 4) is 0 Å². The molecule has 1 N–H and O–H groups in total. The van der Waals surface area contributed by atoms with Gasteiger partial charge >= 0.3 is 0 Å². The van der Waals surface area contributed by atoms with E-state index < -0.39 is 0 Å². The van der Waals surface area contributed by atoms with Crippen molar-refractivity contribution in [2.24, 2.45) is 5.41 Å². The maximum absolute atomic E-state index is 11.4. The van der Waals surface area contributed by atoms with Crippen LogP contribution >= 0.6 is 0 Å². The van der Waals surface area contributed by atoms with Gasteiger partial charge in [0.1, 0.15) is 0 Å². The standard InChI is InChI=1S/C10H18N2O/c1-11-5-3-10(4-6-11)7-9(13)12(2)8-10/h11H,1,3-8H2,2H3. The fourth-order valence-electron chi connectivity index (χ4n) is 2.57. The summed E-state index contributed by atoms with van der Waals surface area (Å²) in [5.41, 5.74) is 0.313. The summed E-state index contributed by atoms with van der Waals surface area (Å²) in [7, 11) is 5.93. The van der Waals surface area contributed by atoms with Crippen molar-refractivity contribution in [3.05, 3.63) is 7.05 Å². The molecule has 2 saturated heterocycles. The molecule has 2 aliphatic rings. The lowest BCUT2D eigenvalue weighted by molar-refractivity contribution is -0.862. The Morgan fingerprint density at radius 2 is 2.08 bits per heavy atom. The van der Waals surface area contributed by atoms with E-state index in [0.29, 0.717) is 11.3 Å². The summed E-state index contributed by atoms with van der Waals surface area (Å²) in [6, 6.07) is 0. The number of likely N-dealkylation sites (tertiary alicyclic amines) is 2. The number of piperidine rings is 1. The Hall–Kier alpha value is -0.570. The first kappa shape index (κ1) is 9.00. The average Bonchev–Trinajstić information content (AvgIpc) is 2.36. The third kappa shape index (κ3) is 1.57. The molecule has 0 aromatic rings. The summed E-state index contributed by atoms with van der Waals surface area (Å²) in [6.07, 6.45) is 3.11. The number of amides is 1. The van der Waals surface area contributed by atoms with Gasteiger partial charge in [0.05, 0.1) is 13.1 Å². The molecular weight excluding hydrogens is 164 g/mol. The van der Waals surface area contributed by atoms with Crippen LogP contribution in [0.4, 0.5) is 0 Å². The van der Waals surface area contributed by atoms with Crippen LogP contribution in [0.3, 0.4) is 0 Å². The Morgan fingerprint density at radius 1 is 1.46 bits per heavy atom. The molecule has 0 unspecified atom stereocenters. The van der Waals surface area contributed by atoms with Crippen LogP contribution in [0.15, 0.2) is 0 Å². The number of hydrogen-bond donors (Lipinski definition) is 1. The van der Waals surface area contributed by atoms with Crippen molar-refractivity contribution in [1.82, 2.24) is 4.90 Å². The minimum atomic E-state index is 0.313. The van der Waals surface area contributed by atoms with Crippen LogP contribution in [0.1, 0.15) is 19.3 Å². The van der Waals surface area contributed by atoms with E-state index >= 15 is 0 Å². The van der Waals surface area contributed by atoms with Crippen LogP contribution in [0.25, 0.3) is 0 Å². The van der Waals surface area contributed by atoms with E-state index in [4.69, 9.17) is 0 Å². The van der Waals surface area contributed by atoms with E-state index in [9.17, 15) is 4.79 Å². The molecule has 0 bridgehead atoms. The molecule has 1 amide bonds. The third-order valence-corrected chi connectivity index (χ3v) is 3.54. The van der Waals surface area contributed by atoms with Crippen molar-refractivity contribution >= 4 is 5.91 Å². The molecule has 0 aromatic heterocycles. The molecule has 3 nitrogen and oxygen atoms in total. The van der Waals surface area contributed by atoms with Gasteiger partial charge in [-0.05, 0) is 0 Å². The molecule has 2 fully saturated rings. The van der Waals surface area contributed by atoms with Gasteiger partial charge in [0.2, 0.25) is 5.91 Å². The van der Waals surface area contributed by atoms with Gasteiger partial charge in [-0.1, -0.05) is 0 Å². The molecule has 2 heterocycles. The highest BCUT2D eigenvalue weighted by Gasteiger charge is 2.43. The number of carbonyl (C=O) groups is 1. The molecule has 2 rings (SSSR count). The van der Waals surface area contributed by atoms with Crippen molar-refractivity contribution < 1.29 is 9.69 Å². The van der Waals surface area contributed by atoms with Gasteiger partial charge in [-0.15, -0.1) is 0 Å². The fourth-order valence-corrected chi connectivity index (χ4v) is 2.57. The Kier molecular flexibility index (Phi) is 2.06. The van der Waals surface area contributed by atoms with Crippen LogP contribution in [0.5, 0.6) is 0 Å². The quantitative estimate of drug-likeness (QED) is 0.493. The van der Waals surface area contributed by atoms with Crippen LogP contribution in [-0.4, -0.2) is 37.5 Å². The van der Waals surface area contributed by atoms with Crippen LogP contribution in [0, 0.1) is 12.5 Å². The van der Waals surface area contributed by atoms with E-state index in [0.717, 1.165) is 26.1 Å². The van der Waals surface area contributed by atoms with Crippen molar-refractivity contribution in [3.63, 3.8) is 0 Å². The number of nitrogens with one attached hydrogen (secondary N) is 1. The summed E-state index contributed by atoms with van der Waals surface area (Å²) in [5, 5.41) is 0. The van der Waals surface area contributed by atoms with E-state index in [1.807, 2.05) is 11.9 Å². The summed E-state index contributed by atoms with van der Waals surface area (Å²) in [4.78, 5) is 14.7. The monoisotopic (exact) mass is 182 g/mol. The van der Waals surface area contributed by atoms with E-state index in [1.54, 1.807) is 0 Å². The summed E-state index contributed by atoms with van der Waals surface area (Å²) >= 11 is 0. The Balaban J connectivity index is 2.03. The van der Waals surface area contributed by atoms with Gasteiger partial charge in [0.15, 0.2) is 0 Å². The van der Waals surface area contributed by atoms with E-state index in [2.05, 4.69) is 7.05 Å². The Bertz CT molecular complexity index is 219. The topological polar surface area (TPSA) is 24.8 Å². The largest absolute Gasteiger partial charge is 0.468 e. The third-order valence-electron chi connectivity index (χ3n) is 3.54. The predicted molar refractivity (Wildman–Crippen MR) is 50.0 cm³/mol. The molecule has 0 aliphatic carbocycles. The first-order valence-corrected chi connectivity index (χ1v) is 5.02. The van der Waals surface area contributed by atoms with E-state index in [-0.39, 0.29) is 0 Å². The predicted octanol–water partition coefficient (Wildman–Crippen LogP) is -0.695. The number of rotatable bonds is 0. The van der Waals surface area contributed by atoms with E-state index in [1.165, 1.54) is 17.7 Å². The smallest absolute Gasteiger partial charge is 0.222 e. The summed E-state index contributed by atoms with van der Waals surface area (Å²) < 4.78 is 0. The maximum atomic E-state index is 11.4. The first-order chi connectivity index (χ1) is 6.11. The SMILES string of the molecule is [CH2-][NH+]1CCC2(CC1)CC(=O)N(C)C2. The molecule has 0 radical (unpaired) electrons. The second-order valence-corrected chi connectivity index (χ2v) is 4.68. The molecule has 13 heavy (non-hydrogen) atoms. The molecule has 2 aliphatic heterocycles. The highest BCUT2D eigenvalue weighted by molar-refractivity contribution is 5.79. The number of quaternary nitrogens is 1. The number of hydrogen-bond acceptors (Lipinski definition) is 1. The lowest BCUT2D eigenvalue weighted by Crippen LogP contribution is -3.08. The fraction of sp³-hybridized carbons (Fsp3) is 0.800. The van der Waals surface area contributed by atoms with Crippen LogP contribution < -0.4 is 4.90 Å². The van der Waals surface area contributed by atoms with Gasteiger partial charge < -0.3 is 9.80 Å². The number of carbonyl (C=O) groups excluding carboxylic acids is 1. The summed E-state index contributed by atoms with van der Waals surface area (Å²) in [6.45, 7) is 3.22. The van der Waals surface area contributed by atoms with Crippen molar-refractivity contribution in [2.75, 3.05) is 26.7 Å². The zero-order chi connectivity index (χ0) is 9.47. The van der Waals surface area contributed by atoms with Crippen molar-refractivity contribution in [1.29, 1.82) is 0 Å². The lowest BCUT2D eigenvalue weighted by atomic mass is 9.78. The minimum absolute atomic E-state index is 0.313. The first-order valence-electron chi connectivity index (χ1n) is 5.02. The minimum Gasteiger partial charge on any atom is -0.468 e. The van der Waals surface area contributed by atoms with Gasteiger partial charge in [-0.25, -0.2) is 0 Å². The molecule has 74 valence electrons. The second-order valence-electron chi connectivity index (χ2n) is 4.68. The molecule has 0 aromatic carbocycles. The average molecular weight is 182 g/mol. The van der Waals surface area contributed by atoms with Crippen LogP contribution in [-0.2, 0) is 4.79 Å². The highest BCUT2D eigenvalue weighted by Crippen LogP contribution is 2.37. The Morgan fingerprint density at radius 3 is 2.54 bits per heavy atom. The summed E-state index contributed by atoms with van der Waals surface area (Å²) in [5.74, 6) is 0.326. The number of nitrogens with zero attached hydrogens (tertiary/aromatic N) is 1. The highest BCUT2D eigenvalue weighted by atomic mass is 16.2. The van der Waals surface area contributed by atoms with Gasteiger partial charge in [-0.2, -0.15) is 7.05 Å². The van der Waals surface area contributed by atoms with Crippen molar-refractivity contribution in [2.45, 2.75) is 19.3 Å².